The van der Waals surface area contributed by atoms with Gasteiger partial charge >= 0.3 is 5.97 Å². The average molecular weight is 359 g/mol. The van der Waals surface area contributed by atoms with Crippen LogP contribution in [0.4, 0.5) is 5.69 Å². The number of fused-ring (bicyclic) bond motifs is 1. The maximum absolute atomic E-state index is 12.5. The Kier molecular flexibility index (Phi) is 4.01. The van der Waals surface area contributed by atoms with Crippen LogP contribution in [0.2, 0.25) is 0 Å². The maximum Gasteiger partial charge on any atom is 0.335 e. The molecule has 3 aromatic rings. The summed E-state index contributed by atoms with van der Waals surface area (Å²) in [5.74, 6) is -1.82. The SMILES string of the molecule is CS(=O)(=O)c1cc(NC(=O)c2cnn3ccccc23)cc(C(=O)O)c1. The molecule has 0 aliphatic carbocycles. The van der Waals surface area contributed by atoms with Gasteiger partial charge in [-0.3, -0.25) is 4.79 Å². The van der Waals surface area contributed by atoms with E-state index in [1.165, 1.54) is 22.8 Å². The van der Waals surface area contributed by atoms with Crippen molar-refractivity contribution in [1.29, 1.82) is 0 Å². The fraction of sp³-hybridized carbons (Fsp3) is 0.0625. The molecule has 0 saturated carbocycles. The maximum atomic E-state index is 12.5. The third kappa shape index (κ3) is 3.36. The molecule has 25 heavy (non-hydrogen) atoms. The summed E-state index contributed by atoms with van der Waals surface area (Å²) in [6, 6.07) is 8.67. The van der Waals surface area contributed by atoms with Crippen LogP contribution >= 0.6 is 0 Å². The molecular formula is C16H13N3O5S. The third-order valence-electron chi connectivity index (χ3n) is 3.51. The van der Waals surface area contributed by atoms with Gasteiger partial charge in [-0.15, -0.1) is 0 Å². The van der Waals surface area contributed by atoms with Crippen LogP contribution in [-0.2, 0) is 9.84 Å². The van der Waals surface area contributed by atoms with Gasteiger partial charge in [0.25, 0.3) is 5.91 Å². The Bertz CT molecular complexity index is 1100. The van der Waals surface area contributed by atoms with Crippen LogP contribution in [0, 0.1) is 0 Å². The molecule has 0 radical (unpaired) electrons. The van der Waals surface area contributed by atoms with Gasteiger partial charge in [0.1, 0.15) is 0 Å². The van der Waals surface area contributed by atoms with Gasteiger partial charge in [0.15, 0.2) is 9.84 Å². The van der Waals surface area contributed by atoms with Crippen LogP contribution in [0.3, 0.4) is 0 Å². The smallest absolute Gasteiger partial charge is 0.335 e. The highest BCUT2D eigenvalue weighted by Gasteiger charge is 2.17. The first-order valence-electron chi connectivity index (χ1n) is 7.08. The lowest BCUT2D eigenvalue weighted by Crippen LogP contribution is -2.13. The van der Waals surface area contributed by atoms with E-state index in [0.717, 1.165) is 12.3 Å². The van der Waals surface area contributed by atoms with E-state index in [-0.39, 0.29) is 21.7 Å². The first kappa shape index (κ1) is 16.7. The number of hydrogen-bond donors (Lipinski definition) is 2. The number of pyridine rings is 1. The molecular weight excluding hydrogens is 346 g/mol. The summed E-state index contributed by atoms with van der Waals surface area (Å²) >= 11 is 0. The number of nitrogens with zero attached hydrogens (tertiary/aromatic N) is 2. The van der Waals surface area contributed by atoms with Gasteiger partial charge in [0, 0.05) is 18.1 Å². The van der Waals surface area contributed by atoms with Crippen molar-refractivity contribution in [2.24, 2.45) is 0 Å². The number of aromatic carboxylic acids is 1. The largest absolute Gasteiger partial charge is 0.478 e. The van der Waals surface area contributed by atoms with Crippen molar-refractivity contribution in [2.45, 2.75) is 4.90 Å². The number of benzene rings is 1. The van der Waals surface area contributed by atoms with Crippen LogP contribution in [0.25, 0.3) is 5.52 Å². The summed E-state index contributed by atoms with van der Waals surface area (Å²) in [7, 11) is -3.64. The molecule has 9 heteroatoms. The predicted molar refractivity (Wildman–Crippen MR) is 89.7 cm³/mol. The molecule has 1 amide bonds. The van der Waals surface area contributed by atoms with Crippen molar-refractivity contribution in [3.8, 4) is 0 Å². The molecule has 0 aliphatic heterocycles. The molecule has 1 aromatic carbocycles. The Labute approximate surface area is 142 Å². The standard InChI is InChI=1S/C16H13N3O5S/c1-25(23,24)12-7-10(16(21)22)6-11(8-12)18-15(20)13-9-17-19-5-3-2-4-14(13)19/h2-9H,1H3,(H,18,20)(H,21,22). The van der Waals surface area contributed by atoms with Crippen molar-refractivity contribution < 1.29 is 23.1 Å². The number of carbonyl (C=O) groups excluding carboxylic acids is 1. The van der Waals surface area contributed by atoms with Gasteiger partial charge in [0.05, 0.1) is 27.7 Å². The minimum Gasteiger partial charge on any atom is -0.478 e. The van der Waals surface area contributed by atoms with Crippen molar-refractivity contribution in [2.75, 3.05) is 11.6 Å². The van der Waals surface area contributed by atoms with Crippen LogP contribution in [0.5, 0.6) is 0 Å². The molecule has 0 fully saturated rings. The second kappa shape index (κ2) is 6.02. The zero-order chi connectivity index (χ0) is 18.2. The van der Waals surface area contributed by atoms with E-state index in [2.05, 4.69) is 10.4 Å². The van der Waals surface area contributed by atoms with E-state index in [4.69, 9.17) is 5.11 Å². The lowest BCUT2D eigenvalue weighted by Gasteiger charge is -2.08. The highest BCUT2D eigenvalue weighted by atomic mass is 32.2. The van der Waals surface area contributed by atoms with E-state index in [1.807, 2.05) is 0 Å². The van der Waals surface area contributed by atoms with Crippen LogP contribution in [0.1, 0.15) is 20.7 Å². The number of hydrogen-bond acceptors (Lipinski definition) is 5. The second-order valence-corrected chi connectivity index (χ2v) is 7.38. The Morgan fingerprint density at radius 1 is 1.20 bits per heavy atom. The molecule has 2 heterocycles. The van der Waals surface area contributed by atoms with Gasteiger partial charge in [-0.1, -0.05) is 6.07 Å². The topological polar surface area (TPSA) is 118 Å². The summed E-state index contributed by atoms with van der Waals surface area (Å²) in [6.45, 7) is 0. The molecule has 0 aliphatic rings. The normalized spacial score (nSPS) is 11.4. The number of carboxylic acids is 1. The van der Waals surface area contributed by atoms with Crippen molar-refractivity contribution in [3.63, 3.8) is 0 Å². The lowest BCUT2D eigenvalue weighted by atomic mass is 10.2. The molecule has 0 unspecified atom stereocenters. The highest BCUT2D eigenvalue weighted by molar-refractivity contribution is 7.90. The Morgan fingerprint density at radius 2 is 1.96 bits per heavy atom. The van der Waals surface area contributed by atoms with Crippen LogP contribution in [-0.4, -0.2) is 41.3 Å². The van der Waals surface area contributed by atoms with E-state index in [1.54, 1.807) is 24.4 Å². The number of nitrogens with one attached hydrogen (secondary N) is 1. The first-order chi connectivity index (χ1) is 11.8. The zero-order valence-electron chi connectivity index (χ0n) is 13.0. The molecule has 0 bridgehead atoms. The summed E-state index contributed by atoms with van der Waals surface area (Å²) in [6.07, 6.45) is 4.02. The second-order valence-electron chi connectivity index (χ2n) is 5.37. The van der Waals surface area contributed by atoms with E-state index >= 15 is 0 Å². The fourth-order valence-corrected chi connectivity index (χ4v) is 3.00. The molecule has 0 spiro atoms. The number of anilines is 1. The predicted octanol–water partition coefficient (Wildman–Crippen LogP) is 1.69. The monoisotopic (exact) mass is 359 g/mol. The number of carbonyl (C=O) groups is 2. The Hall–Kier alpha value is -3.20. The number of aromatic nitrogens is 2. The summed E-state index contributed by atoms with van der Waals surface area (Å²) in [5.41, 5.74) is 0.679. The molecule has 3 rings (SSSR count). The summed E-state index contributed by atoms with van der Waals surface area (Å²) in [4.78, 5) is 23.5. The van der Waals surface area contributed by atoms with Crippen molar-refractivity contribution in [1.82, 2.24) is 9.61 Å². The van der Waals surface area contributed by atoms with E-state index < -0.39 is 21.7 Å². The van der Waals surface area contributed by atoms with Gasteiger partial charge in [0.2, 0.25) is 0 Å². The molecule has 0 saturated heterocycles. The molecule has 0 atom stereocenters. The minimum absolute atomic E-state index is 0.0700. The minimum atomic E-state index is -3.64. The highest BCUT2D eigenvalue weighted by Crippen LogP contribution is 2.21. The average Bonchev–Trinajstić information content (AvgIpc) is 2.97. The zero-order valence-corrected chi connectivity index (χ0v) is 13.8. The van der Waals surface area contributed by atoms with Crippen LogP contribution < -0.4 is 5.32 Å². The number of amides is 1. The first-order valence-corrected chi connectivity index (χ1v) is 8.97. The number of carboxylic acid groups (broad SMARTS) is 1. The van der Waals surface area contributed by atoms with Gasteiger partial charge in [-0.2, -0.15) is 5.10 Å². The molecule has 2 N–H and O–H groups in total. The molecule has 128 valence electrons. The van der Waals surface area contributed by atoms with E-state index in [9.17, 15) is 18.0 Å². The number of rotatable bonds is 4. The fourth-order valence-electron chi connectivity index (χ4n) is 2.32. The van der Waals surface area contributed by atoms with Gasteiger partial charge in [-0.05, 0) is 30.3 Å². The van der Waals surface area contributed by atoms with Crippen molar-refractivity contribution >= 4 is 32.9 Å². The van der Waals surface area contributed by atoms with Gasteiger partial charge < -0.3 is 10.4 Å². The van der Waals surface area contributed by atoms with Crippen molar-refractivity contribution in [3.05, 3.63) is 59.9 Å². The summed E-state index contributed by atoms with van der Waals surface area (Å²) < 4.78 is 25.0. The Morgan fingerprint density at radius 3 is 2.64 bits per heavy atom. The van der Waals surface area contributed by atoms with Gasteiger partial charge in [-0.25, -0.2) is 17.7 Å². The quantitative estimate of drug-likeness (QED) is 0.732. The molecule has 2 aromatic heterocycles. The Balaban J connectivity index is 2.01. The molecule has 8 nitrogen and oxygen atoms in total. The van der Waals surface area contributed by atoms with E-state index in [0.29, 0.717) is 5.52 Å². The summed E-state index contributed by atoms with van der Waals surface area (Å²) in [5, 5.41) is 15.7. The lowest BCUT2D eigenvalue weighted by molar-refractivity contribution is 0.0696. The third-order valence-corrected chi connectivity index (χ3v) is 4.60. The number of sulfone groups is 1. The van der Waals surface area contributed by atoms with Crippen LogP contribution in [0.15, 0.2) is 53.7 Å².